The molecule has 0 aliphatic rings. The summed E-state index contributed by atoms with van der Waals surface area (Å²) in [4.78, 5) is 20.9. The molecular weight excluding hydrogens is 272 g/mol. The SMILES string of the molecule is Cc1cncc(NC(=O)c2sc3cnccc3c2N)c1. The highest BCUT2D eigenvalue weighted by Crippen LogP contribution is 2.33. The number of aryl methyl sites for hydroxylation is 1. The van der Waals surface area contributed by atoms with Gasteiger partial charge in [0.05, 0.1) is 22.3 Å². The molecule has 100 valence electrons. The maximum Gasteiger partial charge on any atom is 0.267 e. The van der Waals surface area contributed by atoms with Gasteiger partial charge >= 0.3 is 0 Å². The number of hydrogen-bond acceptors (Lipinski definition) is 5. The van der Waals surface area contributed by atoms with Crippen LogP contribution >= 0.6 is 11.3 Å². The van der Waals surface area contributed by atoms with Crippen LogP contribution in [0.4, 0.5) is 11.4 Å². The van der Waals surface area contributed by atoms with Crippen molar-refractivity contribution in [1.82, 2.24) is 9.97 Å². The van der Waals surface area contributed by atoms with E-state index in [1.54, 1.807) is 24.8 Å². The van der Waals surface area contributed by atoms with Crippen LogP contribution in [0, 0.1) is 6.92 Å². The number of fused-ring (bicyclic) bond motifs is 1. The Morgan fingerprint density at radius 1 is 1.30 bits per heavy atom. The quantitative estimate of drug-likeness (QED) is 0.758. The molecule has 0 atom stereocenters. The Hall–Kier alpha value is -2.47. The van der Waals surface area contributed by atoms with Gasteiger partial charge in [-0.2, -0.15) is 0 Å². The van der Waals surface area contributed by atoms with Crippen molar-refractivity contribution >= 4 is 38.7 Å². The van der Waals surface area contributed by atoms with Crippen molar-refractivity contribution in [3.05, 3.63) is 47.4 Å². The first-order valence-corrected chi connectivity index (χ1v) is 6.82. The highest BCUT2D eigenvalue weighted by atomic mass is 32.1. The molecule has 5 nitrogen and oxygen atoms in total. The lowest BCUT2D eigenvalue weighted by Gasteiger charge is -2.04. The molecule has 0 aliphatic carbocycles. The van der Waals surface area contributed by atoms with E-state index in [0.717, 1.165) is 15.6 Å². The molecule has 0 spiro atoms. The van der Waals surface area contributed by atoms with Crippen LogP contribution in [0.25, 0.3) is 10.1 Å². The molecule has 6 heteroatoms. The summed E-state index contributed by atoms with van der Waals surface area (Å²) < 4.78 is 0.900. The molecule has 20 heavy (non-hydrogen) atoms. The Morgan fingerprint density at radius 2 is 2.15 bits per heavy atom. The fourth-order valence-corrected chi connectivity index (χ4v) is 2.94. The average molecular weight is 284 g/mol. The minimum absolute atomic E-state index is 0.226. The number of anilines is 2. The van der Waals surface area contributed by atoms with Gasteiger partial charge in [-0.05, 0) is 24.6 Å². The zero-order chi connectivity index (χ0) is 14.1. The van der Waals surface area contributed by atoms with E-state index in [1.165, 1.54) is 11.3 Å². The minimum atomic E-state index is -0.226. The molecule has 0 saturated carbocycles. The van der Waals surface area contributed by atoms with Gasteiger partial charge in [0.25, 0.3) is 5.91 Å². The summed E-state index contributed by atoms with van der Waals surface area (Å²) in [5, 5.41) is 3.67. The molecule has 0 aromatic carbocycles. The highest BCUT2D eigenvalue weighted by Gasteiger charge is 2.16. The number of carbonyl (C=O) groups excluding carboxylic acids is 1. The Morgan fingerprint density at radius 3 is 2.90 bits per heavy atom. The van der Waals surface area contributed by atoms with Crippen molar-refractivity contribution in [3.63, 3.8) is 0 Å². The number of nitrogen functional groups attached to an aromatic ring is 1. The Labute approximate surface area is 119 Å². The number of nitrogens with zero attached hydrogens (tertiary/aromatic N) is 2. The summed E-state index contributed by atoms with van der Waals surface area (Å²) in [7, 11) is 0. The molecule has 1 amide bonds. The molecular formula is C14H12N4OS. The lowest BCUT2D eigenvalue weighted by molar-refractivity contribution is 0.103. The summed E-state index contributed by atoms with van der Waals surface area (Å²) in [6.45, 7) is 1.92. The van der Waals surface area contributed by atoms with Crippen molar-refractivity contribution in [2.45, 2.75) is 6.92 Å². The zero-order valence-corrected chi connectivity index (χ0v) is 11.6. The summed E-state index contributed by atoms with van der Waals surface area (Å²) >= 11 is 1.34. The third-order valence-electron chi connectivity index (χ3n) is 2.87. The first-order chi connectivity index (χ1) is 9.65. The molecule has 3 heterocycles. The van der Waals surface area contributed by atoms with Crippen LogP contribution in [0.1, 0.15) is 15.2 Å². The first-order valence-electron chi connectivity index (χ1n) is 6.00. The number of nitrogens with two attached hydrogens (primary N) is 1. The highest BCUT2D eigenvalue weighted by molar-refractivity contribution is 7.21. The number of aromatic nitrogens is 2. The standard InChI is InChI=1S/C14H12N4OS/c1-8-4-9(6-17-5-8)18-14(19)13-12(15)10-2-3-16-7-11(10)20-13/h2-7H,15H2,1H3,(H,18,19). The van der Waals surface area contributed by atoms with E-state index in [1.807, 2.05) is 19.1 Å². The normalized spacial score (nSPS) is 10.7. The smallest absolute Gasteiger partial charge is 0.267 e. The number of nitrogens with one attached hydrogen (secondary N) is 1. The van der Waals surface area contributed by atoms with Crippen molar-refractivity contribution in [1.29, 1.82) is 0 Å². The molecule has 0 fully saturated rings. The van der Waals surface area contributed by atoms with E-state index in [9.17, 15) is 4.79 Å². The molecule has 0 aliphatic heterocycles. The van der Waals surface area contributed by atoms with Gasteiger partial charge < -0.3 is 11.1 Å². The predicted molar refractivity (Wildman–Crippen MR) is 81.0 cm³/mol. The fraction of sp³-hybridized carbons (Fsp3) is 0.0714. The molecule has 0 unspecified atom stereocenters. The Bertz CT molecular complexity index is 797. The first kappa shape index (κ1) is 12.6. The van der Waals surface area contributed by atoms with Gasteiger partial charge in [0.15, 0.2) is 0 Å². The van der Waals surface area contributed by atoms with Gasteiger partial charge in [0, 0.05) is 24.0 Å². The summed E-state index contributed by atoms with van der Waals surface area (Å²) in [6.07, 6.45) is 6.71. The molecule has 3 aromatic rings. The molecule has 0 bridgehead atoms. The Balaban J connectivity index is 1.95. The van der Waals surface area contributed by atoms with Crippen molar-refractivity contribution < 1.29 is 4.79 Å². The second-order valence-corrected chi connectivity index (χ2v) is 5.47. The van der Waals surface area contributed by atoms with Crippen LogP contribution in [0.3, 0.4) is 0 Å². The molecule has 3 rings (SSSR count). The number of carbonyl (C=O) groups is 1. The number of amides is 1. The minimum Gasteiger partial charge on any atom is -0.397 e. The fourth-order valence-electron chi connectivity index (χ4n) is 1.95. The van der Waals surface area contributed by atoms with Gasteiger partial charge in [0.2, 0.25) is 0 Å². The van der Waals surface area contributed by atoms with Crippen molar-refractivity contribution in [2.75, 3.05) is 11.1 Å². The second-order valence-electron chi connectivity index (χ2n) is 4.42. The average Bonchev–Trinajstić information content (AvgIpc) is 2.77. The maximum atomic E-state index is 12.3. The maximum absolute atomic E-state index is 12.3. The molecule has 0 radical (unpaired) electrons. The number of rotatable bonds is 2. The van der Waals surface area contributed by atoms with E-state index < -0.39 is 0 Å². The molecule has 3 N–H and O–H groups in total. The summed E-state index contributed by atoms with van der Waals surface area (Å²) in [6, 6.07) is 3.67. The van der Waals surface area contributed by atoms with E-state index in [0.29, 0.717) is 16.3 Å². The van der Waals surface area contributed by atoms with Gasteiger partial charge in [-0.25, -0.2) is 0 Å². The number of pyridine rings is 2. The predicted octanol–water partition coefficient (Wildman–Crippen LogP) is 2.83. The largest absolute Gasteiger partial charge is 0.397 e. The van der Waals surface area contributed by atoms with Gasteiger partial charge in [-0.3, -0.25) is 14.8 Å². The molecule has 3 aromatic heterocycles. The summed E-state index contributed by atoms with van der Waals surface area (Å²) in [5.41, 5.74) is 8.16. The number of hydrogen-bond donors (Lipinski definition) is 2. The monoisotopic (exact) mass is 284 g/mol. The van der Waals surface area contributed by atoms with Gasteiger partial charge in [0.1, 0.15) is 4.88 Å². The van der Waals surface area contributed by atoms with E-state index in [4.69, 9.17) is 5.73 Å². The van der Waals surface area contributed by atoms with Crippen LogP contribution in [0.2, 0.25) is 0 Å². The van der Waals surface area contributed by atoms with E-state index >= 15 is 0 Å². The van der Waals surface area contributed by atoms with E-state index in [-0.39, 0.29) is 5.91 Å². The lowest BCUT2D eigenvalue weighted by atomic mass is 10.2. The second kappa shape index (κ2) is 4.90. The number of thiophene rings is 1. The zero-order valence-electron chi connectivity index (χ0n) is 10.8. The third-order valence-corrected chi connectivity index (χ3v) is 4.03. The topological polar surface area (TPSA) is 80.9 Å². The lowest BCUT2D eigenvalue weighted by Crippen LogP contribution is -2.12. The molecule has 0 saturated heterocycles. The third kappa shape index (κ3) is 2.21. The Kier molecular flexibility index (Phi) is 3.08. The summed E-state index contributed by atoms with van der Waals surface area (Å²) in [5.74, 6) is -0.226. The van der Waals surface area contributed by atoms with Crippen LogP contribution in [0.5, 0.6) is 0 Å². The van der Waals surface area contributed by atoms with Crippen LogP contribution in [-0.2, 0) is 0 Å². The van der Waals surface area contributed by atoms with E-state index in [2.05, 4.69) is 15.3 Å². The van der Waals surface area contributed by atoms with Crippen molar-refractivity contribution in [3.8, 4) is 0 Å². The van der Waals surface area contributed by atoms with Gasteiger partial charge in [-0.15, -0.1) is 11.3 Å². The van der Waals surface area contributed by atoms with Gasteiger partial charge in [-0.1, -0.05) is 0 Å². The van der Waals surface area contributed by atoms with Crippen LogP contribution < -0.4 is 11.1 Å². The van der Waals surface area contributed by atoms with Crippen molar-refractivity contribution in [2.24, 2.45) is 0 Å². The van der Waals surface area contributed by atoms with Crippen LogP contribution in [0.15, 0.2) is 36.9 Å². The van der Waals surface area contributed by atoms with Crippen LogP contribution in [-0.4, -0.2) is 15.9 Å².